The number of pyridine rings is 1. The molecule has 0 radical (unpaired) electrons. The molecular weight excluding hydrogens is 829 g/mol. The van der Waals surface area contributed by atoms with Crippen molar-refractivity contribution in [3.8, 4) is 28.4 Å². The second-order valence-electron chi connectivity index (χ2n) is 22.3. The molecule has 0 amide bonds. The van der Waals surface area contributed by atoms with Gasteiger partial charge in [0, 0.05) is 45.9 Å². The second kappa shape index (κ2) is 16.6. The van der Waals surface area contributed by atoms with Crippen molar-refractivity contribution in [3.63, 3.8) is 0 Å². The molecular formula is C63H64N4O. The third-order valence-corrected chi connectivity index (χ3v) is 14.1. The van der Waals surface area contributed by atoms with Crippen LogP contribution in [0.15, 0.2) is 176 Å². The van der Waals surface area contributed by atoms with E-state index in [1.165, 1.54) is 61.4 Å². The molecule has 1 aliphatic heterocycles. The Morgan fingerprint density at radius 3 is 1.79 bits per heavy atom. The molecule has 0 saturated heterocycles. The molecule has 0 saturated carbocycles. The van der Waals surface area contributed by atoms with E-state index in [4.69, 9.17) is 9.72 Å². The first kappa shape index (κ1) is 44.7. The Labute approximate surface area is 403 Å². The molecule has 0 aliphatic carbocycles. The van der Waals surface area contributed by atoms with Crippen molar-refractivity contribution in [1.29, 1.82) is 0 Å². The van der Waals surface area contributed by atoms with Crippen molar-refractivity contribution in [2.24, 2.45) is 0 Å². The first-order valence-corrected chi connectivity index (χ1v) is 24.1. The van der Waals surface area contributed by atoms with Gasteiger partial charge in [-0.05, 0) is 128 Å². The summed E-state index contributed by atoms with van der Waals surface area (Å²) in [5.74, 6) is 2.42. The Morgan fingerprint density at radius 1 is 0.412 bits per heavy atom. The van der Waals surface area contributed by atoms with E-state index in [0.717, 1.165) is 39.4 Å². The normalized spacial score (nSPS) is 13.4. The average Bonchev–Trinajstić information content (AvgIpc) is 3.87. The Kier molecular flexibility index (Phi) is 10.9. The maximum atomic E-state index is 6.91. The standard InChI is InChI=1S/C63H64N4O/c1-60(2,3)45-25-29-55-54(36-45)53-28-27-52(40-57(53)67(55)59-38-47(31-32-64-59)63(10,11)44-21-16-13-17-22-44)68-51-24-18-23-49(39-51)65-41-66(56-30-26-46(37-58(56)65)61(4,5)6)50-34-43(42-19-14-12-15-20-42)33-48(35-50)62(7,8)9/h12-40H,41H2,1-11H3. The summed E-state index contributed by atoms with van der Waals surface area (Å²) >= 11 is 0. The molecule has 2 aromatic heterocycles. The van der Waals surface area contributed by atoms with Crippen molar-refractivity contribution in [2.75, 3.05) is 16.5 Å². The van der Waals surface area contributed by atoms with E-state index < -0.39 is 0 Å². The van der Waals surface area contributed by atoms with Gasteiger partial charge in [0.1, 0.15) is 24.0 Å². The molecule has 0 fully saturated rings. The molecule has 68 heavy (non-hydrogen) atoms. The number of aromatic nitrogens is 2. The van der Waals surface area contributed by atoms with Gasteiger partial charge in [-0.25, -0.2) is 4.98 Å². The van der Waals surface area contributed by atoms with Crippen molar-refractivity contribution in [2.45, 2.75) is 97.8 Å². The topological polar surface area (TPSA) is 33.5 Å². The van der Waals surface area contributed by atoms with Gasteiger partial charge in [-0.15, -0.1) is 0 Å². The molecule has 3 heterocycles. The molecule has 1 aliphatic rings. The molecule has 7 aromatic carbocycles. The van der Waals surface area contributed by atoms with Gasteiger partial charge in [-0.1, -0.05) is 161 Å². The molecule has 0 atom stereocenters. The van der Waals surface area contributed by atoms with E-state index >= 15 is 0 Å². The van der Waals surface area contributed by atoms with E-state index in [-0.39, 0.29) is 21.7 Å². The van der Waals surface area contributed by atoms with E-state index in [1.54, 1.807) is 0 Å². The van der Waals surface area contributed by atoms with Crippen LogP contribution in [0.4, 0.5) is 22.7 Å². The van der Waals surface area contributed by atoms with E-state index in [2.05, 4.69) is 260 Å². The number of benzene rings is 7. The summed E-state index contributed by atoms with van der Waals surface area (Å²) in [5.41, 5.74) is 15.3. The highest BCUT2D eigenvalue weighted by Crippen LogP contribution is 2.48. The van der Waals surface area contributed by atoms with Crippen LogP contribution >= 0.6 is 0 Å². The predicted octanol–water partition coefficient (Wildman–Crippen LogP) is 17.1. The Morgan fingerprint density at radius 2 is 1.07 bits per heavy atom. The van der Waals surface area contributed by atoms with E-state index in [1.807, 2.05) is 6.20 Å². The minimum Gasteiger partial charge on any atom is -0.457 e. The number of nitrogens with zero attached hydrogens (tertiary/aromatic N) is 4. The summed E-state index contributed by atoms with van der Waals surface area (Å²) in [6.07, 6.45) is 1.95. The van der Waals surface area contributed by atoms with Gasteiger partial charge in [0.05, 0.1) is 22.4 Å². The van der Waals surface area contributed by atoms with E-state index in [0.29, 0.717) is 6.67 Å². The molecule has 0 bridgehead atoms. The van der Waals surface area contributed by atoms with E-state index in [9.17, 15) is 0 Å². The Balaban J connectivity index is 1.05. The molecule has 0 spiro atoms. The summed E-state index contributed by atoms with van der Waals surface area (Å²) in [4.78, 5) is 9.96. The molecule has 5 nitrogen and oxygen atoms in total. The number of hydrogen-bond donors (Lipinski definition) is 0. The minimum atomic E-state index is -0.223. The van der Waals surface area contributed by atoms with Crippen LogP contribution in [0.1, 0.15) is 104 Å². The fourth-order valence-corrected chi connectivity index (χ4v) is 9.75. The van der Waals surface area contributed by atoms with Crippen molar-refractivity contribution < 1.29 is 4.74 Å². The summed E-state index contributed by atoms with van der Waals surface area (Å²) in [6.45, 7) is 25.8. The number of fused-ring (bicyclic) bond motifs is 4. The van der Waals surface area contributed by atoms with Crippen LogP contribution in [0.5, 0.6) is 11.5 Å². The van der Waals surface area contributed by atoms with Crippen LogP contribution in [-0.4, -0.2) is 16.2 Å². The highest BCUT2D eigenvalue weighted by molar-refractivity contribution is 6.10. The molecule has 5 heteroatoms. The highest BCUT2D eigenvalue weighted by atomic mass is 16.5. The quantitative estimate of drug-likeness (QED) is 0.152. The number of rotatable bonds is 8. The third kappa shape index (κ3) is 8.33. The fourth-order valence-electron chi connectivity index (χ4n) is 9.75. The van der Waals surface area contributed by atoms with Crippen LogP contribution in [0.3, 0.4) is 0 Å². The first-order valence-electron chi connectivity index (χ1n) is 24.1. The number of ether oxygens (including phenoxy) is 1. The lowest BCUT2D eigenvalue weighted by atomic mass is 9.78. The molecule has 0 N–H and O–H groups in total. The van der Waals surface area contributed by atoms with Gasteiger partial charge in [-0.2, -0.15) is 0 Å². The van der Waals surface area contributed by atoms with Crippen LogP contribution in [0, 0.1) is 0 Å². The second-order valence-corrected chi connectivity index (χ2v) is 22.3. The third-order valence-electron chi connectivity index (χ3n) is 14.1. The van der Waals surface area contributed by atoms with Gasteiger partial charge in [0.25, 0.3) is 0 Å². The van der Waals surface area contributed by atoms with Gasteiger partial charge in [0.2, 0.25) is 0 Å². The zero-order chi connectivity index (χ0) is 47.8. The number of hydrogen-bond acceptors (Lipinski definition) is 4. The Hall–Kier alpha value is -7.11. The SMILES string of the molecule is CC(C)(C)c1cc(-c2ccccc2)cc(N2CN(c3cccc(Oc4ccc5c6cc(C(C)(C)C)ccc6n(-c6cc(C(C)(C)c7ccccc7)ccn6)c5c4)c3)c3cc(C(C)(C)C)ccc32)c1. The van der Waals surface area contributed by atoms with Crippen LogP contribution in [0.25, 0.3) is 38.8 Å². The Bertz CT molecular complexity index is 3320. The lowest BCUT2D eigenvalue weighted by Crippen LogP contribution is -2.24. The van der Waals surface area contributed by atoms with Crippen LogP contribution in [0.2, 0.25) is 0 Å². The zero-order valence-electron chi connectivity index (χ0n) is 41.6. The van der Waals surface area contributed by atoms with Crippen LogP contribution < -0.4 is 14.5 Å². The highest BCUT2D eigenvalue weighted by Gasteiger charge is 2.32. The first-order chi connectivity index (χ1) is 32.3. The van der Waals surface area contributed by atoms with Crippen molar-refractivity contribution >= 4 is 44.6 Å². The lowest BCUT2D eigenvalue weighted by Gasteiger charge is -2.26. The number of anilines is 4. The summed E-state index contributed by atoms with van der Waals surface area (Å²) in [5, 5.41) is 2.36. The van der Waals surface area contributed by atoms with Gasteiger partial charge < -0.3 is 14.5 Å². The maximum absolute atomic E-state index is 6.91. The smallest absolute Gasteiger partial charge is 0.137 e. The minimum absolute atomic E-state index is 0.00266. The largest absolute Gasteiger partial charge is 0.457 e. The van der Waals surface area contributed by atoms with Crippen LogP contribution in [-0.2, 0) is 21.7 Å². The van der Waals surface area contributed by atoms with Gasteiger partial charge >= 0.3 is 0 Å². The van der Waals surface area contributed by atoms with Gasteiger partial charge in [0.15, 0.2) is 0 Å². The average molecular weight is 893 g/mol. The maximum Gasteiger partial charge on any atom is 0.137 e. The summed E-state index contributed by atoms with van der Waals surface area (Å²) < 4.78 is 9.22. The molecule has 0 unspecified atom stereocenters. The summed E-state index contributed by atoms with van der Waals surface area (Å²) in [7, 11) is 0. The predicted molar refractivity (Wildman–Crippen MR) is 287 cm³/mol. The zero-order valence-corrected chi connectivity index (χ0v) is 41.6. The molecule has 9 aromatic rings. The summed E-state index contributed by atoms with van der Waals surface area (Å²) in [6, 6.07) is 61.9. The van der Waals surface area contributed by atoms with Crippen molar-refractivity contribution in [1.82, 2.24) is 9.55 Å². The fraction of sp³-hybridized carbons (Fsp3) is 0.254. The monoisotopic (exact) mass is 893 g/mol. The lowest BCUT2D eigenvalue weighted by molar-refractivity contribution is 0.483. The molecule has 342 valence electrons. The molecule has 10 rings (SSSR count). The van der Waals surface area contributed by atoms with Gasteiger partial charge in [-0.3, -0.25) is 4.57 Å². The van der Waals surface area contributed by atoms with Crippen molar-refractivity contribution in [3.05, 3.63) is 204 Å².